The van der Waals surface area contributed by atoms with Gasteiger partial charge in [-0.25, -0.2) is 9.83 Å². The Morgan fingerprint density at radius 2 is 1.28 bits per heavy atom. The fourth-order valence-electron chi connectivity index (χ4n) is 4.05. The Hall–Kier alpha value is -4.28. The van der Waals surface area contributed by atoms with Gasteiger partial charge >= 0.3 is 0 Å². The molecule has 1 aromatic heterocycles. The molecule has 1 heterocycles. The molecule has 0 bridgehead atoms. The van der Waals surface area contributed by atoms with Gasteiger partial charge in [-0.1, -0.05) is 34.4 Å². The third-order valence-corrected chi connectivity index (χ3v) is 5.23. The minimum Gasteiger partial charge on any atom is -0.252 e. The molecule has 4 rings (SSSR count). The molecule has 4 heteroatoms. The monoisotopic (exact) mass is 414 g/mol. The summed E-state index contributed by atoms with van der Waals surface area (Å²) in [5.41, 5.74) is 10.4. The van der Waals surface area contributed by atoms with Gasteiger partial charge in [0.2, 0.25) is 0 Å². The minimum absolute atomic E-state index is 0.409. The predicted octanol–water partition coefficient (Wildman–Crippen LogP) is 7.13. The van der Waals surface area contributed by atoms with Crippen LogP contribution in [0.25, 0.3) is 38.6 Å². The molecule has 0 N–H and O–H groups in total. The molecule has 0 aliphatic rings. The summed E-state index contributed by atoms with van der Waals surface area (Å²) in [6.07, 6.45) is 1.73. The first-order chi connectivity index (χ1) is 15.4. The Labute approximate surface area is 188 Å². The highest BCUT2D eigenvalue weighted by molar-refractivity contribution is 5.81. The van der Waals surface area contributed by atoms with Crippen LogP contribution < -0.4 is 0 Å². The lowest BCUT2D eigenvalue weighted by molar-refractivity contribution is 1.20. The summed E-state index contributed by atoms with van der Waals surface area (Å²) < 4.78 is 0. The van der Waals surface area contributed by atoms with Gasteiger partial charge in [0.05, 0.1) is 35.9 Å². The van der Waals surface area contributed by atoms with Crippen molar-refractivity contribution in [3.05, 3.63) is 100 Å². The first kappa shape index (κ1) is 21.0. The van der Waals surface area contributed by atoms with Crippen LogP contribution in [0.15, 0.2) is 60.8 Å². The number of hydrogen-bond donors (Lipinski definition) is 0. The van der Waals surface area contributed by atoms with Gasteiger partial charge < -0.3 is 0 Å². The minimum atomic E-state index is 0.409. The van der Waals surface area contributed by atoms with E-state index in [2.05, 4.69) is 75.0 Å². The molecule has 0 atom stereocenters. The normalized spacial score (nSPS) is 10.4. The van der Waals surface area contributed by atoms with E-state index >= 15 is 0 Å². The molecule has 0 spiro atoms. The van der Waals surface area contributed by atoms with Crippen LogP contribution in [0.5, 0.6) is 0 Å². The Bertz CT molecular complexity index is 1360. The third kappa shape index (κ3) is 4.26. The number of rotatable bonds is 3. The summed E-state index contributed by atoms with van der Waals surface area (Å²) in [6.45, 7) is 15.7. The highest BCUT2D eigenvalue weighted by Gasteiger charge is 2.15. The SMILES string of the molecule is [C-]#[N+]c1cc(C#N)cc(-c2cnc(-c3cc(C)cc(C)c3)c(-c3cc(C)cc(C)c3)n2)c1. The largest absolute Gasteiger partial charge is 0.252 e. The van der Waals surface area contributed by atoms with E-state index in [1.165, 1.54) is 11.1 Å². The zero-order valence-corrected chi connectivity index (χ0v) is 18.6. The fraction of sp³-hybridized carbons (Fsp3) is 0.143. The molecule has 4 aromatic rings. The van der Waals surface area contributed by atoms with E-state index in [4.69, 9.17) is 16.5 Å². The molecule has 0 saturated carbocycles. The average Bonchev–Trinajstić information content (AvgIpc) is 2.77. The Balaban J connectivity index is 1.99. The van der Waals surface area contributed by atoms with Crippen molar-refractivity contribution in [1.82, 2.24) is 9.97 Å². The van der Waals surface area contributed by atoms with Crippen LogP contribution in [0, 0.1) is 45.6 Å². The first-order valence-electron chi connectivity index (χ1n) is 10.3. The summed E-state index contributed by atoms with van der Waals surface area (Å²) in [5.74, 6) is 0. The maximum atomic E-state index is 9.38. The van der Waals surface area contributed by atoms with Crippen molar-refractivity contribution in [3.8, 4) is 39.8 Å². The maximum absolute atomic E-state index is 9.38. The van der Waals surface area contributed by atoms with Crippen LogP contribution >= 0.6 is 0 Å². The molecule has 154 valence electrons. The highest BCUT2D eigenvalue weighted by Crippen LogP contribution is 2.34. The van der Waals surface area contributed by atoms with Crippen LogP contribution in [-0.2, 0) is 0 Å². The van der Waals surface area contributed by atoms with Gasteiger partial charge in [0, 0.05) is 16.7 Å². The molecule has 0 radical (unpaired) electrons. The zero-order valence-electron chi connectivity index (χ0n) is 18.6. The van der Waals surface area contributed by atoms with E-state index in [-0.39, 0.29) is 0 Å². The van der Waals surface area contributed by atoms with Crippen molar-refractivity contribution in [2.75, 3.05) is 0 Å². The molecule has 0 aliphatic carbocycles. The molecule has 0 amide bonds. The first-order valence-corrected chi connectivity index (χ1v) is 10.3. The number of aromatic nitrogens is 2. The second-order valence-electron chi connectivity index (χ2n) is 8.20. The standard InChI is InChI=1S/C28H22N4/c1-17-6-18(2)9-23(8-17)27-28(24-10-19(3)7-20(4)11-24)32-26(16-31-27)22-12-21(15-29)13-25(14-22)30-5/h6-14,16H,1-4H3. The molecule has 0 fully saturated rings. The Kier molecular flexibility index (Phi) is 5.54. The van der Waals surface area contributed by atoms with Crippen molar-refractivity contribution in [3.63, 3.8) is 0 Å². The van der Waals surface area contributed by atoms with Crippen molar-refractivity contribution < 1.29 is 0 Å². The van der Waals surface area contributed by atoms with Crippen LogP contribution in [0.3, 0.4) is 0 Å². The van der Waals surface area contributed by atoms with Gasteiger partial charge in [0.1, 0.15) is 0 Å². The van der Waals surface area contributed by atoms with E-state index in [0.29, 0.717) is 22.5 Å². The Morgan fingerprint density at radius 1 is 0.719 bits per heavy atom. The predicted molar refractivity (Wildman–Crippen MR) is 128 cm³/mol. The fourth-order valence-corrected chi connectivity index (χ4v) is 4.05. The summed E-state index contributed by atoms with van der Waals surface area (Å²) in [7, 11) is 0. The molecule has 4 nitrogen and oxygen atoms in total. The third-order valence-electron chi connectivity index (χ3n) is 5.23. The molecule has 32 heavy (non-hydrogen) atoms. The lowest BCUT2D eigenvalue weighted by Gasteiger charge is -2.14. The van der Waals surface area contributed by atoms with Crippen molar-refractivity contribution in [1.29, 1.82) is 5.26 Å². The summed E-state index contributed by atoms with van der Waals surface area (Å²) in [5, 5.41) is 9.38. The van der Waals surface area contributed by atoms with E-state index in [1.807, 2.05) is 0 Å². The van der Waals surface area contributed by atoms with Crippen LogP contribution in [0.1, 0.15) is 27.8 Å². The van der Waals surface area contributed by atoms with Crippen LogP contribution in [-0.4, -0.2) is 9.97 Å². The number of nitrogens with zero attached hydrogens (tertiary/aromatic N) is 4. The van der Waals surface area contributed by atoms with E-state index in [1.54, 1.807) is 24.4 Å². The number of benzene rings is 3. The number of nitriles is 1. The molecule has 0 aliphatic heterocycles. The van der Waals surface area contributed by atoms with Gasteiger partial charge in [-0.3, -0.25) is 4.98 Å². The summed E-state index contributed by atoms with van der Waals surface area (Å²) >= 11 is 0. The summed E-state index contributed by atoms with van der Waals surface area (Å²) in [6, 6.07) is 20.0. The lowest BCUT2D eigenvalue weighted by Crippen LogP contribution is -1.98. The van der Waals surface area contributed by atoms with Gasteiger partial charge in [-0.15, -0.1) is 0 Å². The molecular formula is C28H22N4. The van der Waals surface area contributed by atoms with Crippen LogP contribution in [0.4, 0.5) is 5.69 Å². The average molecular weight is 415 g/mol. The van der Waals surface area contributed by atoms with E-state index in [9.17, 15) is 5.26 Å². The second-order valence-corrected chi connectivity index (χ2v) is 8.20. The summed E-state index contributed by atoms with van der Waals surface area (Å²) in [4.78, 5) is 13.3. The van der Waals surface area contributed by atoms with Gasteiger partial charge in [0.15, 0.2) is 5.69 Å². The van der Waals surface area contributed by atoms with Crippen LogP contribution in [0.2, 0.25) is 0 Å². The van der Waals surface area contributed by atoms with E-state index in [0.717, 1.165) is 33.6 Å². The number of hydrogen-bond acceptors (Lipinski definition) is 3. The van der Waals surface area contributed by atoms with Crippen molar-refractivity contribution in [2.24, 2.45) is 0 Å². The van der Waals surface area contributed by atoms with Crippen molar-refractivity contribution in [2.45, 2.75) is 27.7 Å². The molecule has 3 aromatic carbocycles. The van der Waals surface area contributed by atoms with Gasteiger partial charge in [-0.2, -0.15) is 5.26 Å². The molecule has 0 unspecified atom stereocenters. The zero-order chi connectivity index (χ0) is 22.8. The number of aryl methyl sites for hydroxylation is 4. The highest BCUT2D eigenvalue weighted by atomic mass is 14.8. The van der Waals surface area contributed by atoms with Gasteiger partial charge in [-0.05, 0) is 75.7 Å². The van der Waals surface area contributed by atoms with E-state index < -0.39 is 0 Å². The molecule has 0 saturated heterocycles. The topological polar surface area (TPSA) is 53.9 Å². The van der Waals surface area contributed by atoms with Gasteiger partial charge in [0.25, 0.3) is 0 Å². The second kappa shape index (κ2) is 8.46. The Morgan fingerprint density at radius 3 is 1.81 bits per heavy atom. The van der Waals surface area contributed by atoms with Crippen molar-refractivity contribution >= 4 is 5.69 Å². The lowest BCUT2D eigenvalue weighted by atomic mass is 9.98. The smallest absolute Gasteiger partial charge is 0.189 e. The molecular weight excluding hydrogens is 392 g/mol. The maximum Gasteiger partial charge on any atom is 0.189 e. The quantitative estimate of drug-likeness (QED) is 0.335.